The summed E-state index contributed by atoms with van der Waals surface area (Å²) in [5.41, 5.74) is 1.78. The van der Waals surface area contributed by atoms with Crippen LogP contribution in [0.1, 0.15) is 31.2 Å². The number of carbonyl (C=O) groups is 2. The minimum atomic E-state index is -0.790. The fourth-order valence-electron chi connectivity index (χ4n) is 3.18. The molecule has 0 radical (unpaired) electrons. The molecule has 1 aromatic carbocycles. The van der Waals surface area contributed by atoms with E-state index in [1.54, 1.807) is 0 Å². The number of anilines is 1. The predicted molar refractivity (Wildman–Crippen MR) is 75.3 cm³/mol. The average molecular weight is 273 g/mol. The molecule has 0 spiro atoms. The molecule has 0 saturated heterocycles. The van der Waals surface area contributed by atoms with Gasteiger partial charge in [0.05, 0.1) is 0 Å². The summed E-state index contributed by atoms with van der Waals surface area (Å²) >= 11 is 0. The third-order valence-electron chi connectivity index (χ3n) is 4.46. The number of fused-ring (bicyclic) bond motifs is 1. The highest BCUT2D eigenvalue weighted by molar-refractivity contribution is 5.92. The SMILES string of the molecule is O=C(O)CCc1ccc(NC(=O)C2CC3CC3C2)cc1. The minimum absolute atomic E-state index is 0.135. The smallest absolute Gasteiger partial charge is 0.303 e. The van der Waals surface area contributed by atoms with E-state index in [0.29, 0.717) is 6.42 Å². The number of carboxylic acid groups (broad SMARTS) is 1. The van der Waals surface area contributed by atoms with Crippen LogP contribution in [-0.4, -0.2) is 17.0 Å². The van der Waals surface area contributed by atoms with E-state index in [1.807, 2.05) is 24.3 Å². The third-order valence-corrected chi connectivity index (χ3v) is 4.46. The first-order valence-corrected chi connectivity index (χ1v) is 7.23. The van der Waals surface area contributed by atoms with Gasteiger partial charge in [0, 0.05) is 18.0 Å². The van der Waals surface area contributed by atoms with Gasteiger partial charge in [0.2, 0.25) is 5.91 Å². The zero-order chi connectivity index (χ0) is 14.1. The van der Waals surface area contributed by atoms with E-state index >= 15 is 0 Å². The van der Waals surface area contributed by atoms with E-state index in [1.165, 1.54) is 6.42 Å². The van der Waals surface area contributed by atoms with Gasteiger partial charge >= 0.3 is 5.97 Å². The Kier molecular flexibility index (Phi) is 3.47. The maximum atomic E-state index is 12.1. The summed E-state index contributed by atoms with van der Waals surface area (Å²) in [6.45, 7) is 0. The van der Waals surface area contributed by atoms with Crippen molar-refractivity contribution in [1.29, 1.82) is 0 Å². The van der Waals surface area contributed by atoms with E-state index in [2.05, 4.69) is 5.32 Å². The van der Waals surface area contributed by atoms with E-state index in [9.17, 15) is 9.59 Å². The standard InChI is InChI=1S/C16H19NO3/c18-15(19)6-3-10-1-4-14(5-2-10)17-16(20)13-8-11-7-12(11)9-13/h1-2,4-5,11-13H,3,6-9H2,(H,17,20)(H,18,19). The summed E-state index contributed by atoms with van der Waals surface area (Å²) in [6, 6.07) is 7.46. The number of nitrogens with one attached hydrogen (secondary N) is 1. The number of aryl methyl sites for hydroxylation is 1. The number of carboxylic acids is 1. The lowest BCUT2D eigenvalue weighted by Crippen LogP contribution is -2.21. The van der Waals surface area contributed by atoms with Crippen molar-refractivity contribution in [3.8, 4) is 0 Å². The fraction of sp³-hybridized carbons (Fsp3) is 0.500. The number of amides is 1. The lowest BCUT2D eigenvalue weighted by Gasteiger charge is -2.12. The number of aliphatic carboxylic acids is 1. The van der Waals surface area contributed by atoms with Gasteiger partial charge in [0.15, 0.2) is 0 Å². The molecule has 0 aromatic heterocycles. The molecule has 2 saturated carbocycles. The summed E-state index contributed by atoms with van der Waals surface area (Å²) < 4.78 is 0. The number of hydrogen-bond acceptors (Lipinski definition) is 2. The molecule has 0 bridgehead atoms. The molecule has 2 atom stereocenters. The van der Waals surface area contributed by atoms with Crippen molar-refractivity contribution in [2.45, 2.75) is 32.1 Å². The number of rotatable bonds is 5. The molecule has 2 N–H and O–H groups in total. The monoisotopic (exact) mass is 273 g/mol. The van der Waals surface area contributed by atoms with E-state index in [0.717, 1.165) is 35.9 Å². The van der Waals surface area contributed by atoms with Crippen LogP contribution in [0.15, 0.2) is 24.3 Å². The van der Waals surface area contributed by atoms with Crippen LogP contribution in [0.3, 0.4) is 0 Å². The second kappa shape index (κ2) is 5.27. The van der Waals surface area contributed by atoms with Gasteiger partial charge in [-0.1, -0.05) is 12.1 Å². The second-order valence-corrected chi connectivity index (χ2v) is 6.00. The molecular formula is C16H19NO3. The van der Waals surface area contributed by atoms with Gasteiger partial charge in [-0.3, -0.25) is 9.59 Å². The van der Waals surface area contributed by atoms with Crippen molar-refractivity contribution in [2.75, 3.05) is 5.32 Å². The minimum Gasteiger partial charge on any atom is -0.481 e. The number of hydrogen-bond donors (Lipinski definition) is 2. The van der Waals surface area contributed by atoms with Crippen LogP contribution in [-0.2, 0) is 16.0 Å². The molecule has 0 aliphatic heterocycles. The van der Waals surface area contributed by atoms with E-state index < -0.39 is 5.97 Å². The first-order chi connectivity index (χ1) is 9.61. The van der Waals surface area contributed by atoms with Gasteiger partial charge in [0.1, 0.15) is 0 Å². The molecule has 2 fully saturated rings. The van der Waals surface area contributed by atoms with Gasteiger partial charge in [0.25, 0.3) is 0 Å². The van der Waals surface area contributed by atoms with Crippen molar-refractivity contribution in [1.82, 2.24) is 0 Å². The summed E-state index contributed by atoms with van der Waals surface area (Å²) in [6.07, 6.45) is 4.08. The van der Waals surface area contributed by atoms with Crippen molar-refractivity contribution < 1.29 is 14.7 Å². The molecule has 0 heterocycles. The highest BCUT2D eigenvalue weighted by Crippen LogP contribution is 2.54. The Balaban J connectivity index is 1.52. The van der Waals surface area contributed by atoms with Gasteiger partial charge < -0.3 is 10.4 Å². The lowest BCUT2D eigenvalue weighted by molar-refractivity contribution is -0.137. The number of benzene rings is 1. The van der Waals surface area contributed by atoms with Crippen LogP contribution in [0, 0.1) is 17.8 Å². The quantitative estimate of drug-likeness (QED) is 0.866. The molecule has 1 amide bonds. The van der Waals surface area contributed by atoms with Crippen LogP contribution in [0.2, 0.25) is 0 Å². The van der Waals surface area contributed by atoms with Crippen LogP contribution < -0.4 is 5.32 Å². The van der Waals surface area contributed by atoms with Gasteiger partial charge in [-0.15, -0.1) is 0 Å². The van der Waals surface area contributed by atoms with Crippen LogP contribution in [0.4, 0.5) is 5.69 Å². The Hall–Kier alpha value is -1.84. The first kappa shape index (κ1) is 13.2. The van der Waals surface area contributed by atoms with E-state index in [4.69, 9.17) is 5.11 Å². The second-order valence-electron chi connectivity index (χ2n) is 6.00. The molecule has 4 nitrogen and oxygen atoms in total. The maximum absolute atomic E-state index is 12.1. The number of carbonyl (C=O) groups excluding carboxylic acids is 1. The molecule has 2 aliphatic carbocycles. The Bertz CT molecular complexity index is 513. The Labute approximate surface area is 118 Å². The van der Waals surface area contributed by atoms with Crippen molar-refractivity contribution in [3.05, 3.63) is 29.8 Å². The Morgan fingerprint density at radius 2 is 1.75 bits per heavy atom. The predicted octanol–water partition coefficient (Wildman–Crippen LogP) is 2.69. The Morgan fingerprint density at radius 3 is 2.35 bits per heavy atom. The normalized spacial score (nSPS) is 26.9. The molecule has 106 valence electrons. The molecule has 20 heavy (non-hydrogen) atoms. The molecule has 1 aromatic rings. The van der Waals surface area contributed by atoms with Gasteiger partial charge in [-0.05, 0) is 55.2 Å². The van der Waals surface area contributed by atoms with Gasteiger partial charge in [-0.2, -0.15) is 0 Å². The molecule has 2 aliphatic rings. The fourth-order valence-corrected chi connectivity index (χ4v) is 3.18. The summed E-state index contributed by atoms with van der Waals surface area (Å²) in [4.78, 5) is 22.6. The van der Waals surface area contributed by atoms with Crippen LogP contribution in [0.5, 0.6) is 0 Å². The topological polar surface area (TPSA) is 66.4 Å². The van der Waals surface area contributed by atoms with Crippen molar-refractivity contribution >= 4 is 17.6 Å². The van der Waals surface area contributed by atoms with Crippen LogP contribution >= 0.6 is 0 Å². The molecular weight excluding hydrogens is 254 g/mol. The zero-order valence-corrected chi connectivity index (χ0v) is 11.3. The molecule has 3 rings (SSSR count). The molecule has 2 unspecified atom stereocenters. The molecule has 4 heteroatoms. The third kappa shape index (κ3) is 3.00. The highest BCUT2D eigenvalue weighted by Gasteiger charge is 2.47. The largest absolute Gasteiger partial charge is 0.481 e. The highest BCUT2D eigenvalue weighted by atomic mass is 16.4. The summed E-state index contributed by atoms with van der Waals surface area (Å²) in [5.74, 6) is 1.15. The van der Waals surface area contributed by atoms with Gasteiger partial charge in [-0.25, -0.2) is 0 Å². The summed E-state index contributed by atoms with van der Waals surface area (Å²) in [7, 11) is 0. The summed E-state index contributed by atoms with van der Waals surface area (Å²) in [5, 5.41) is 11.6. The first-order valence-electron chi connectivity index (χ1n) is 7.23. The van der Waals surface area contributed by atoms with Crippen molar-refractivity contribution in [2.24, 2.45) is 17.8 Å². The van der Waals surface area contributed by atoms with E-state index in [-0.39, 0.29) is 18.2 Å². The zero-order valence-electron chi connectivity index (χ0n) is 11.3. The average Bonchev–Trinajstić information content (AvgIpc) is 3.04. The lowest BCUT2D eigenvalue weighted by atomic mass is 10.0. The van der Waals surface area contributed by atoms with Crippen LogP contribution in [0.25, 0.3) is 0 Å². The Morgan fingerprint density at radius 1 is 1.10 bits per heavy atom. The van der Waals surface area contributed by atoms with Crippen molar-refractivity contribution in [3.63, 3.8) is 0 Å². The maximum Gasteiger partial charge on any atom is 0.303 e.